The zero-order valence-corrected chi connectivity index (χ0v) is 12.0. The number of para-hydroxylation sites is 1. The standard InChI is InChI=1S/C14H9BrF3NO2/c15-12-7-6-9(8-11(12)14(16,17)18)19-13(20)21-10-4-2-1-3-5-10/h1-8H,(H,19,20). The highest BCUT2D eigenvalue weighted by Gasteiger charge is 2.33. The molecule has 0 spiro atoms. The van der Waals surface area contributed by atoms with E-state index in [1.165, 1.54) is 12.1 Å². The van der Waals surface area contributed by atoms with Crippen LogP contribution >= 0.6 is 15.9 Å². The lowest BCUT2D eigenvalue weighted by atomic mass is 10.2. The second kappa shape index (κ2) is 6.17. The molecule has 0 aromatic heterocycles. The molecule has 2 aromatic rings. The zero-order chi connectivity index (χ0) is 15.5. The van der Waals surface area contributed by atoms with Crippen molar-refractivity contribution in [2.75, 3.05) is 5.32 Å². The molecule has 2 aromatic carbocycles. The number of carbonyl (C=O) groups is 1. The normalized spacial score (nSPS) is 11.0. The maximum atomic E-state index is 12.7. The molecular formula is C14H9BrF3NO2. The van der Waals surface area contributed by atoms with Gasteiger partial charge in [0.1, 0.15) is 5.75 Å². The van der Waals surface area contributed by atoms with Crippen LogP contribution in [0.2, 0.25) is 0 Å². The first-order chi connectivity index (χ1) is 9.86. The third kappa shape index (κ3) is 4.22. The van der Waals surface area contributed by atoms with E-state index in [-0.39, 0.29) is 10.2 Å². The highest BCUT2D eigenvalue weighted by Crippen LogP contribution is 2.36. The molecule has 2 rings (SSSR count). The monoisotopic (exact) mass is 359 g/mol. The Balaban J connectivity index is 2.11. The van der Waals surface area contributed by atoms with Crippen molar-refractivity contribution in [3.63, 3.8) is 0 Å². The Morgan fingerprint density at radius 3 is 2.38 bits per heavy atom. The van der Waals surface area contributed by atoms with Crippen molar-refractivity contribution in [1.29, 1.82) is 0 Å². The van der Waals surface area contributed by atoms with E-state index < -0.39 is 17.8 Å². The molecule has 1 amide bonds. The Morgan fingerprint density at radius 2 is 1.76 bits per heavy atom. The molecule has 3 nitrogen and oxygen atoms in total. The van der Waals surface area contributed by atoms with Crippen LogP contribution in [-0.4, -0.2) is 6.09 Å². The number of hydrogen-bond acceptors (Lipinski definition) is 2. The van der Waals surface area contributed by atoms with Gasteiger partial charge in [-0.1, -0.05) is 34.1 Å². The highest BCUT2D eigenvalue weighted by atomic mass is 79.9. The number of nitrogens with one attached hydrogen (secondary N) is 1. The molecule has 0 saturated carbocycles. The summed E-state index contributed by atoms with van der Waals surface area (Å²) in [6.45, 7) is 0. The summed E-state index contributed by atoms with van der Waals surface area (Å²) in [5.74, 6) is 0.295. The smallest absolute Gasteiger partial charge is 0.410 e. The summed E-state index contributed by atoms with van der Waals surface area (Å²) in [5.41, 5.74) is -0.883. The predicted molar refractivity (Wildman–Crippen MR) is 75.2 cm³/mol. The van der Waals surface area contributed by atoms with Gasteiger partial charge in [0, 0.05) is 10.2 Å². The molecule has 0 saturated heterocycles. The van der Waals surface area contributed by atoms with E-state index in [1.54, 1.807) is 30.3 Å². The lowest BCUT2D eigenvalue weighted by molar-refractivity contribution is -0.138. The van der Waals surface area contributed by atoms with Crippen LogP contribution in [0.15, 0.2) is 53.0 Å². The predicted octanol–water partition coefficient (Wildman–Crippen LogP) is 5.08. The molecule has 1 N–H and O–H groups in total. The second-order valence-corrected chi connectivity index (χ2v) is 4.87. The molecule has 7 heteroatoms. The second-order valence-electron chi connectivity index (χ2n) is 4.02. The zero-order valence-electron chi connectivity index (χ0n) is 10.4. The summed E-state index contributed by atoms with van der Waals surface area (Å²) < 4.78 is 43.0. The Bertz CT molecular complexity index is 644. The number of alkyl halides is 3. The van der Waals surface area contributed by atoms with E-state index in [0.717, 1.165) is 6.07 Å². The SMILES string of the molecule is O=C(Nc1ccc(Br)c(C(F)(F)F)c1)Oc1ccccc1. The Labute approximate surface area is 126 Å². The van der Waals surface area contributed by atoms with Gasteiger partial charge < -0.3 is 4.74 Å². The topological polar surface area (TPSA) is 38.3 Å². The average molecular weight is 360 g/mol. The fourth-order valence-corrected chi connectivity index (χ4v) is 2.03. The van der Waals surface area contributed by atoms with Crippen molar-refractivity contribution < 1.29 is 22.7 Å². The molecule has 0 radical (unpaired) electrons. The minimum Gasteiger partial charge on any atom is -0.410 e. The van der Waals surface area contributed by atoms with Gasteiger partial charge in [-0.3, -0.25) is 5.32 Å². The first kappa shape index (κ1) is 15.4. The lowest BCUT2D eigenvalue weighted by Gasteiger charge is -2.12. The van der Waals surface area contributed by atoms with E-state index in [2.05, 4.69) is 21.2 Å². The molecule has 0 atom stereocenters. The van der Waals surface area contributed by atoms with Crippen LogP contribution in [0.1, 0.15) is 5.56 Å². The van der Waals surface area contributed by atoms with Crippen LogP contribution in [0.3, 0.4) is 0 Å². The van der Waals surface area contributed by atoms with E-state index >= 15 is 0 Å². The fraction of sp³-hybridized carbons (Fsp3) is 0.0714. The van der Waals surface area contributed by atoms with Gasteiger partial charge in [0.2, 0.25) is 0 Å². The number of hydrogen-bond donors (Lipinski definition) is 1. The third-order valence-electron chi connectivity index (χ3n) is 2.47. The fourth-order valence-electron chi connectivity index (χ4n) is 1.56. The van der Waals surface area contributed by atoms with Crippen LogP contribution in [0, 0.1) is 0 Å². The molecular weight excluding hydrogens is 351 g/mol. The van der Waals surface area contributed by atoms with Crippen LogP contribution in [0.25, 0.3) is 0 Å². The summed E-state index contributed by atoms with van der Waals surface area (Å²) in [4.78, 5) is 11.6. The largest absolute Gasteiger partial charge is 0.417 e. The molecule has 0 aliphatic carbocycles. The van der Waals surface area contributed by atoms with Gasteiger partial charge in [-0.25, -0.2) is 4.79 Å². The molecule has 0 bridgehead atoms. The summed E-state index contributed by atoms with van der Waals surface area (Å²) >= 11 is 2.82. The molecule has 110 valence electrons. The Morgan fingerprint density at radius 1 is 1.10 bits per heavy atom. The van der Waals surface area contributed by atoms with Crippen molar-refractivity contribution in [3.8, 4) is 5.75 Å². The molecule has 0 aliphatic heterocycles. The molecule has 0 fully saturated rings. The lowest BCUT2D eigenvalue weighted by Crippen LogP contribution is -2.17. The number of halogens is 4. The van der Waals surface area contributed by atoms with Crippen molar-refractivity contribution in [3.05, 3.63) is 58.6 Å². The Kier molecular flexibility index (Phi) is 4.52. The van der Waals surface area contributed by atoms with Crippen molar-refractivity contribution in [2.24, 2.45) is 0 Å². The van der Waals surface area contributed by atoms with Crippen molar-refractivity contribution in [2.45, 2.75) is 6.18 Å². The number of anilines is 1. The molecule has 0 aliphatic rings. The maximum Gasteiger partial charge on any atom is 0.417 e. The van der Waals surface area contributed by atoms with E-state index in [0.29, 0.717) is 5.75 Å². The summed E-state index contributed by atoms with van der Waals surface area (Å²) in [7, 11) is 0. The van der Waals surface area contributed by atoms with Crippen LogP contribution < -0.4 is 10.1 Å². The van der Waals surface area contributed by atoms with E-state index in [1.807, 2.05) is 0 Å². The summed E-state index contributed by atoms with van der Waals surface area (Å²) in [5, 5.41) is 2.25. The van der Waals surface area contributed by atoms with Gasteiger partial charge in [0.05, 0.1) is 5.56 Å². The maximum absolute atomic E-state index is 12.7. The van der Waals surface area contributed by atoms with E-state index in [4.69, 9.17) is 4.74 Å². The van der Waals surface area contributed by atoms with Gasteiger partial charge in [-0.05, 0) is 30.3 Å². The van der Waals surface area contributed by atoms with Crippen LogP contribution in [0.4, 0.5) is 23.7 Å². The molecule has 21 heavy (non-hydrogen) atoms. The van der Waals surface area contributed by atoms with Gasteiger partial charge in [0.25, 0.3) is 0 Å². The summed E-state index contributed by atoms with van der Waals surface area (Å²) in [6.07, 6.45) is -5.38. The van der Waals surface area contributed by atoms with Gasteiger partial charge >= 0.3 is 12.3 Å². The molecule has 0 unspecified atom stereocenters. The van der Waals surface area contributed by atoms with Gasteiger partial charge in [0.15, 0.2) is 0 Å². The van der Waals surface area contributed by atoms with Crippen molar-refractivity contribution >= 4 is 27.7 Å². The summed E-state index contributed by atoms with van der Waals surface area (Å²) in [6, 6.07) is 11.6. The van der Waals surface area contributed by atoms with Crippen LogP contribution in [-0.2, 0) is 6.18 Å². The quantitative estimate of drug-likeness (QED) is 0.811. The minimum absolute atomic E-state index is 0.00791. The number of carbonyl (C=O) groups excluding carboxylic acids is 1. The van der Waals surface area contributed by atoms with E-state index in [9.17, 15) is 18.0 Å². The first-order valence-electron chi connectivity index (χ1n) is 5.77. The first-order valence-corrected chi connectivity index (χ1v) is 6.56. The number of rotatable bonds is 2. The minimum atomic E-state index is -4.51. The van der Waals surface area contributed by atoms with Gasteiger partial charge in [-0.2, -0.15) is 13.2 Å². The van der Waals surface area contributed by atoms with Crippen molar-refractivity contribution in [1.82, 2.24) is 0 Å². The third-order valence-corrected chi connectivity index (χ3v) is 3.16. The van der Waals surface area contributed by atoms with Gasteiger partial charge in [-0.15, -0.1) is 0 Å². The number of amides is 1. The molecule has 0 heterocycles. The van der Waals surface area contributed by atoms with Crippen LogP contribution in [0.5, 0.6) is 5.75 Å². The highest BCUT2D eigenvalue weighted by molar-refractivity contribution is 9.10. The number of benzene rings is 2. The number of ether oxygens (including phenoxy) is 1. The Hall–Kier alpha value is -2.02. The average Bonchev–Trinajstić information content (AvgIpc) is 2.41.